The summed E-state index contributed by atoms with van der Waals surface area (Å²) in [5.74, 6) is -1.94. The van der Waals surface area contributed by atoms with Gasteiger partial charge in [0.1, 0.15) is 30.8 Å². The number of nitrogens with zero attached hydrogens (tertiary/aromatic N) is 2. The normalized spacial score (nSPS) is 12.6. The molecule has 2 N–H and O–H groups in total. The standard InChI is InChI=1S/C24H34N4O6/c1-16(2)14-18(27-23(32)34-24(3,4)5)22(31)28(13-12-25)20(17-10-8-7-9-11-17)21(30)26-15-19(29)33-6/h7-11,16,18,20H,13-15H2,1-6H3,(H,26,30)(H,27,32). The fraction of sp³-hybridized carbons (Fsp3) is 0.542. The smallest absolute Gasteiger partial charge is 0.408 e. The number of hydrogen-bond donors (Lipinski definition) is 2. The Balaban J connectivity index is 3.35. The van der Waals surface area contributed by atoms with E-state index in [-0.39, 0.29) is 12.3 Å². The lowest BCUT2D eigenvalue weighted by molar-refractivity contribution is -0.144. The molecular weight excluding hydrogens is 440 g/mol. The van der Waals surface area contributed by atoms with Crippen molar-refractivity contribution < 1.29 is 28.7 Å². The molecule has 0 saturated heterocycles. The van der Waals surface area contributed by atoms with Gasteiger partial charge in [0, 0.05) is 0 Å². The molecule has 1 aromatic carbocycles. The summed E-state index contributed by atoms with van der Waals surface area (Å²) in [5.41, 5.74) is -0.337. The van der Waals surface area contributed by atoms with E-state index in [2.05, 4.69) is 15.4 Å². The van der Waals surface area contributed by atoms with Gasteiger partial charge in [-0.25, -0.2) is 4.79 Å². The molecule has 0 fully saturated rings. The molecule has 1 aromatic rings. The fourth-order valence-corrected chi connectivity index (χ4v) is 3.15. The highest BCUT2D eigenvalue weighted by molar-refractivity contribution is 5.93. The molecule has 0 radical (unpaired) electrons. The van der Waals surface area contributed by atoms with Gasteiger partial charge in [0.15, 0.2) is 0 Å². The Bertz CT molecular complexity index is 889. The van der Waals surface area contributed by atoms with Gasteiger partial charge in [0.25, 0.3) is 0 Å². The molecule has 3 amide bonds. The first kappa shape index (κ1) is 28.4. The minimum absolute atomic E-state index is 0.0103. The first-order chi connectivity index (χ1) is 15.9. The van der Waals surface area contributed by atoms with Crippen LogP contribution in [0.5, 0.6) is 0 Å². The minimum Gasteiger partial charge on any atom is -0.468 e. The van der Waals surface area contributed by atoms with Crippen LogP contribution in [0.1, 0.15) is 52.6 Å². The molecule has 0 aliphatic carbocycles. The van der Waals surface area contributed by atoms with Crippen molar-refractivity contribution in [1.29, 1.82) is 5.26 Å². The molecule has 0 aromatic heterocycles. The Kier molecular flexibility index (Phi) is 11.0. The maximum Gasteiger partial charge on any atom is 0.408 e. The maximum atomic E-state index is 13.6. The number of amides is 3. The summed E-state index contributed by atoms with van der Waals surface area (Å²) in [5, 5.41) is 14.5. The predicted octanol–water partition coefficient (Wildman–Crippen LogP) is 2.31. The van der Waals surface area contributed by atoms with Crippen LogP contribution < -0.4 is 10.6 Å². The summed E-state index contributed by atoms with van der Waals surface area (Å²) in [7, 11) is 1.19. The molecule has 0 spiro atoms. The first-order valence-electron chi connectivity index (χ1n) is 11.0. The minimum atomic E-state index is -1.21. The topological polar surface area (TPSA) is 138 Å². The van der Waals surface area contributed by atoms with E-state index in [1.54, 1.807) is 51.1 Å². The largest absolute Gasteiger partial charge is 0.468 e. The highest BCUT2D eigenvalue weighted by atomic mass is 16.6. The Morgan fingerprint density at radius 1 is 1.12 bits per heavy atom. The van der Waals surface area contributed by atoms with Crippen molar-refractivity contribution in [2.75, 3.05) is 20.2 Å². The van der Waals surface area contributed by atoms with Crippen molar-refractivity contribution in [3.63, 3.8) is 0 Å². The number of nitrogens with one attached hydrogen (secondary N) is 2. The van der Waals surface area contributed by atoms with Crippen LogP contribution in [0.3, 0.4) is 0 Å². The second-order valence-corrected chi connectivity index (χ2v) is 9.06. The average Bonchev–Trinajstić information content (AvgIpc) is 2.75. The van der Waals surface area contributed by atoms with Crippen molar-refractivity contribution in [3.05, 3.63) is 35.9 Å². The second kappa shape index (κ2) is 13.2. The van der Waals surface area contributed by atoms with E-state index < -0.39 is 54.7 Å². The zero-order valence-electron chi connectivity index (χ0n) is 20.6. The molecule has 10 heteroatoms. The number of methoxy groups -OCH3 is 1. The van der Waals surface area contributed by atoms with E-state index in [9.17, 15) is 24.4 Å². The lowest BCUT2D eigenvalue weighted by Crippen LogP contribution is -2.53. The van der Waals surface area contributed by atoms with Crippen LogP contribution in [0.4, 0.5) is 4.79 Å². The van der Waals surface area contributed by atoms with E-state index in [1.807, 2.05) is 19.9 Å². The van der Waals surface area contributed by atoms with E-state index in [0.29, 0.717) is 5.56 Å². The van der Waals surface area contributed by atoms with Crippen LogP contribution in [0.2, 0.25) is 0 Å². The van der Waals surface area contributed by atoms with Crippen LogP contribution in [-0.4, -0.2) is 60.6 Å². The molecule has 2 atom stereocenters. The van der Waals surface area contributed by atoms with E-state index in [4.69, 9.17) is 4.74 Å². The number of esters is 1. The fourth-order valence-electron chi connectivity index (χ4n) is 3.15. The molecule has 0 bridgehead atoms. The summed E-state index contributed by atoms with van der Waals surface area (Å²) in [6.45, 7) is 8.03. The van der Waals surface area contributed by atoms with Crippen molar-refractivity contribution in [2.24, 2.45) is 5.92 Å². The van der Waals surface area contributed by atoms with Gasteiger partial charge in [-0.05, 0) is 38.7 Å². The zero-order chi connectivity index (χ0) is 25.9. The van der Waals surface area contributed by atoms with Crippen LogP contribution in [0.15, 0.2) is 30.3 Å². The van der Waals surface area contributed by atoms with Crippen molar-refractivity contribution in [3.8, 4) is 6.07 Å². The molecule has 1 rings (SSSR count). The number of alkyl carbamates (subject to hydrolysis) is 1. The Labute approximate surface area is 200 Å². The molecule has 2 unspecified atom stereocenters. The number of nitriles is 1. The molecule has 186 valence electrons. The van der Waals surface area contributed by atoms with Gasteiger partial charge in [0.05, 0.1) is 13.2 Å². The number of carbonyl (C=O) groups is 4. The zero-order valence-corrected chi connectivity index (χ0v) is 20.6. The van der Waals surface area contributed by atoms with Gasteiger partial charge in [0.2, 0.25) is 11.8 Å². The van der Waals surface area contributed by atoms with Crippen LogP contribution in [0, 0.1) is 17.2 Å². The maximum absolute atomic E-state index is 13.6. The summed E-state index contributed by atoms with van der Waals surface area (Å²) in [6, 6.07) is 8.07. The van der Waals surface area contributed by atoms with Crippen molar-refractivity contribution in [2.45, 2.75) is 58.7 Å². The molecule has 0 heterocycles. The summed E-state index contributed by atoms with van der Waals surface area (Å²) in [4.78, 5) is 51.8. The molecule has 0 aliphatic rings. The van der Waals surface area contributed by atoms with Gasteiger partial charge < -0.3 is 25.0 Å². The highest BCUT2D eigenvalue weighted by Crippen LogP contribution is 2.23. The quantitative estimate of drug-likeness (QED) is 0.392. The van der Waals surface area contributed by atoms with Crippen molar-refractivity contribution >= 4 is 23.9 Å². The van der Waals surface area contributed by atoms with E-state index >= 15 is 0 Å². The lowest BCUT2D eigenvalue weighted by atomic mass is 9.99. The van der Waals surface area contributed by atoms with Crippen molar-refractivity contribution in [1.82, 2.24) is 15.5 Å². The third-order valence-corrected chi connectivity index (χ3v) is 4.53. The van der Waals surface area contributed by atoms with Gasteiger partial charge in [-0.3, -0.25) is 14.4 Å². The van der Waals surface area contributed by atoms with Gasteiger partial charge >= 0.3 is 12.1 Å². The van der Waals surface area contributed by atoms with Gasteiger partial charge in [-0.2, -0.15) is 5.26 Å². The van der Waals surface area contributed by atoms with Crippen LogP contribution >= 0.6 is 0 Å². The lowest BCUT2D eigenvalue weighted by Gasteiger charge is -2.33. The number of hydrogen-bond acceptors (Lipinski definition) is 7. The molecular formula is C24H34N4O6. The predicted molar refractivity (Wildman–Crippen MR) is 124 cm³/mol. The number of ether oxygens (including phenoxy) is 2. The monoisotopic (exact) mass is 474 g/mol. The summed E-state index contributed by atoms with van der Waals surface area (Å²) >= 11 is 0. The molecule has 10 nitrogen and oxygen atoms in total. The van der Waals surface area contributed by atoms with Gasteiger partial charge in [-0.1, -0.05) is 44.2 Å². The summed E-state index contributed by atoms with van der Waals surface area (Å²) < 4.78 is 9.85. The number of benzene rings is 1. The third kappa shape index (κ3) is 9.48. The van der Waals surface area contributed by atoms with E-state index in [0.717, 1.165) is 4.90 Å². The van der Waals surface area contributed by atoms with Gasteiger partial charge in [-0.15, -0.1) is 0 Å². The number of carbonyl (C=O) groups excluding carboxylic acids is 4. The second-order valence-electron chi connectivity index (χ2n) is 9.06. The Hall–Kier alpha value is -3.61. The van der Waals surface area contributed by atoms with Crippen LogP contribution in [0.25, 0.3) is 0 Å². The molecule has 0 aliphatic heterocycles. The first-order valence-corrected chi connectivity index (χ1v) is 11.0. The van der Waals surface area contributed by atoms with Crippen LogP contribution in [-0.2, 0) is 23.9 Å². The number of rotatable bonds is 10. The third-order valence-electron chi connectivity index (χ3n) is 4.53. The SMILES string of the molecule is COC(=O)CNC(=O)C(c1ccccc1)N(CC#N)C(=O)C(CC(C)C)NC(=O)OC(C)(C)C. The average molecular weight is 475 g/mol. The highest BCUT2D eigenvalue weighted by Gasteiger charge is 2.36. The molecule has 34 heavy (non-hydrogen) atoms. The Morgan fingerprint density at radius 3 is 2.24 bits per heavy atom. The molecule has 0 saturated carbocycles. The summed E-state index contributed by atoms with van der Waals surface area (Å²) in [6.07, 6.45) is -0.527. The van der Waals surface area contributed by atoms with E-state index in [1.165, 1.54) is 7.11 Å². The Morgan fingerprint density at radius 2 is 1.74 bits per heavy atom.